The maximum absolute atomic E-state index is 11.3. The van der Waals surface area contributed by atoms with Gasteiger partial charge in [0.05, 0.1) is 11.3 Å². The number of para-hydroxylation sites is 1. The molecule has 5 nitrogen and oxygen atoms in total. The molecule has 0 bridgehead atoms. The van der Waals surface area contributed by atoms with Crippen molar-refractivity contribution < 1.29 is 9.90 Å². The first-order chi connectivity index (χ1) is 9.75. The van der Waals surface area contributed by atoms with Crippen LogP contribution < -0.4 is 9.80 Å². The lowest BCUT2D eigenvalue weighted by Gasteiger charge is -2.36. The number of anilines is 2. The minimum Gasteiger partial charge on any atom is -0.478 e. The Labute approximate surface area is 121 Å². The van der Waals surface area contributed by atoms with Gasteiger partial charge < -0.3 is 14.9 Å². The number of nitrogens with zero attached hydrogens (tertiary/aromatic N) is 3. The van der Waals surface area contributed by atoms with Crippen LogP contribution in [0.4, 0.5) is 10.8 Å². The number of thiazole rings is 1. The summed E-state index contributed by atoms with van der Waals surface area (Å²) < 4.78 is 0. The highest BCUT2D eigenvalue weighted by Gasteiger charge is 2.22. The topological polar surface area (TPSA) is 56.7 Å². The Morgan fingerprint density at radius 1 is 1.15 bits per heavy atom. The van der Waals surface area contributed by atoms with E-state index in [0.29, 0.717) is 5.56 Å². The van der Waals surface area contributed by atoms with E-state index in [1.54, 1.807) is 23.5 Å². The van der Waals surface area contributed by atoms with Gasteiger partial charge in [-0.15, -0.1) is 11.3 Å². The second-order valence-corrected chi connectivity index (χ2v) is 5.48. The first-order valence-corrected chi connectivity index (χ1v) is 7.35. The molecular formula is C14H15N3O2S. The number of rotatable bonds is 3. The summed E-state index contributed by atoms with van der Waals surface area (Å²) >= 11 is 1.64. The predicted octanol–water partition coefficient (Wildman–Crippen LogP) is 2.17. The fourth-order valence-corrected chi connectivity index (χ4v) is 3.14. The molecule has 1 aliphatic rings. The molecule has 20 heavy (non-hydrogen) atoms. The predicted molar refractivity (Wildman–Crippen MR) is 79.9 cm³/mol. The third-order valence-corrected chi connectivity index (χ3v) is 4.28. The molecule has 0 saturated carbocycles. The van der Waals surface area contributed by atoms with E-state index in [1.807, 2.05) is 23.7 Å². The second-order valence-electron chi connectivity index (χ2n) is 4.61. The van der Waals surface area contributed by atoms with E-state index in [0.717, 1.165) is 37.0 Å². The molecule has 104 valence electrons. The Morgan fingerprint density at radius 3 is 2.50 bits per heavy atom. The van der Waals surface area contributed by atoms with Crippen LogP contribution in [-0.4, -0.2) is 42.2 Å². The monoisotopic (exact) mass is 289 g/mol. The van der Waals surface area contributed by atoms with Crippen molar-refractivity contribution in [3.63, 3.8) is 0 Å². The van der Waals surface area contributed by atoms with Crippen molar-refractivity contribution in [2.75, 3.05) is 36.0 Å². The highest BCUT2D eigenvalue weighted by Crippen LogP contribution is 2.24. The molecule has 1 saturated heterocycles. The average molecular weight is 289 g/mol. The summed E-state index contributed by atoms with van der Waals surface area (Å²) in [7, 11) is 0. The molecule has 3 rings (SSSR count). The minimum atomic E-state index is -0.872. The van der Waals surface area contributed by atoms with Crippen molar-refractivity contribution in [2.45, 2.75) is 0 Å². The van der Waals surface area contributed by atoms with Crippen molar-refractivity contribution in [3.05, 3.63) is 41.4 Å². The average Bonchev–Trinajstić information content (AvgIpc) is 3.02. The van der Waals surface area contributed by atoms with E-state index in [1.165, 1.54) is 0 Å². The summed E-state index contributed by atoms with van der Waals surface area (Å²) in [5.41, 5.74) is 1.17. The maximum Gasteiger partial charge on any atom is 0.337 e. The summed E-state index contributed by atoms with van der Waals surface area (Å²) in [6, 6.07) is 7.18. The number of aromatic nitrogens is 1. The van der Waals surface area contributed by atoms with E-state index >= 15 is 0 Å². The molecule has 2 aromatic rings. The quantitative estimate of drug-likeness (QED) is 0.938. The molecule has 0 aliphatic carbocycles. The largest absolute Gasteiger partial charge is 0.478 e. The Morgan fingerprint density at radius 2 is 1.85 bits per heavy atom. The van der Waals surface area contributed by atoms with Crippen molar-refractivity contribution in [3.8, 4) is 0 Å². The zero-order valence-corrected chi connectivity index (χ0v) is 11.7. The number of carboxylic acid groups (broad SMARTS) is 1. The van der Waals surface area contributed by atoms with Crippen LogP contribution in [0, 0.1) is 0 Å². The summed E-state index contributed by atoms with van der Waals surface area (Å²) in [6.45, 7) is 3.34. The van der Waals surface area contributed by atoms with E-state index in [4.69, 9.17) is 0 Å². The van der Waals surface area contributed by atoms with Crippen LogP contribution >= 0.6 is 11.3 Å². The third-order valence-electron chi connectivity index (χ3n) is 3.44. The van der Waals surface area contributed by atoms with Gasteiger partial charge >= 0.3 is 5.97 Å². The number of carbonyl (C=O) groups is 1. The van der Waals surface area contributed by atoms with Crippen molar-refractivity contribution in [1.29, 1.82) is 0 Å². The van der Waals surface area contributed by atoms with Gasteiger partial charge in [0, 0.05) is 37.8 Å². The minimum absolute atomic E-state index is 0.371. The van der Waals surface area contributed by atoms with Gasteiger partial charge in [0.25, 0.3) is 0 Å². The molecule has 1 N–H and O–H groups in total. The Balaban J connectivity index is 1.74. The molecule has 6 heteroatoms. The zero-order chi connectivity index (χ0) is 13.9. The molecule has 0 amide bonds. The van der Waals surface area contributed by atoms with Gasteiger partial charge in [0.2, 0.25) is 0 Å². The standard InChI is InChI=1S/C14H15N3O2S/c18-13(19)11-3-1-2-4-12(11)16-6-8-17(9-7-16)14-15-5-10-20-14/h1-5,10H,6-9H2,(H,18,19). The van der Waals surface area contributed by atoms with Gasteiger partial charge in [-0.05, 0) is 12.1 Å². The highest BCUT2D eigenvalue weighted by molar-refractivity contribution is 7.13. The molecule has 1 aromatic carbocycles. The Kier molecular flexibility index (Phi) is 3.56. The molecule has 0 unspecified atom stereocenters. The fourth-order valence-electron chi connectivity index (χ4n) is 2.44. The SMILES string of the molecule is O=C(O)c1ccccc1N1CCN(c2nccs2)CC1. The van der Waals surface area contributed by atoms with Crippen LogP contribution in [0.25, 0.3) is 0 Å². The molecule has 1 fully saturated rings. The molecule has 0 radical (unpaired) electrons. The van der Waals surface area contributed by atoms with E-state index in [2.05, 4.69) is 14.8 Å². The van der Waals surface area contributed by atoms with Crippen LogP contribution in [0.3, 0.4) is 0 Å². The smallest absolute Gasteiger partial charge is 0.337 e. The first kappa shape index (κ1) is 12.9. The molecule has 1 aromatic heterocycles. The molecule has 2 heterocycles. The van der Waals surface area contributed by atoms with Crippen LogP contribution in [-0.2, 0) is 0 Å². The van der Waals surface area contributed by atoms with Gasteiger partial charge in [-0.2, -0.15) is 0 Å². The van der Waals surface area contributed by atoms with E-state index in [-0.39, 0.29) is 0 Å². The third kappa shape index (κ3) is 2.46. The summed E-state index contributed by atoms with van der Waals surface area (Å²) in [6.07, 6.45) is 1.81. The van der Waals surface area contributed by atoms with Crippen LogP contribution in [0.2, 0.25) is 0 Å². The van der Waals surface area contributed by atoms with Gasteiger partial charge in [-0.25, -0.2) is 9.78 Å². The number of hydrogen-bond donors (Lipinski definition) is 1. The van der Waals surface area contributed by atoms with Gasteiger partial charge in [0.15, 0.2) is 5.13 Å². The number of piperazine rings is 1. The summed E-state index contributed by atoms with van der Waals surface area (Å²) in [5.74, 6) is -0.872. The Hall–Kier alpha value is -2.08. The first-order valence-electron chi connectivity index (χ1n) is 6.47. The van der Waals surface area contributed by atoms with Crippen molar-refractivity contribution in [1.82, 2.24) is 4.98 Å². The number of carboxylic acids is 1. The van der Waals surface area contributed by atoms with E-state index in [9.17, 15) is 9.90 Å². The lowest BCUT2D eigenvalue weighted by atomic mass is 10.1. The maximum atomic E-state index is 11.3. The molecular weight excluding hydrogens is 274 g/mol. The molecule has 0 atom stereocenters. The number of hydrogen-bond acceptors (Lipinski definition) is 5. The number of aromatic carboxylic acids is 1. The second kappa shape index (κ2) is 5.50. The van der Waals surface area contributed by atoms with Gasteiger partial charge in [0.1, 0.15) is 0 Å². The van der Waals surface area contributed by atoms with Crippen LogP contribution in [0.5, 0.6) is 0 Å². The lowest BCUT2D eigenvalue weighted by molar-refractivity contribution is 0.0697. The number of benzene rings is 1. The fraction of sp³-hybridized carbons (Fsp3) is 0.286. The molecule has 1 aliphatic heterocycles. The van der Waals surface area contributed by atoms with Crippen molar-refractivity contribution >= 4 is 28.1 Å². The summed E-state index contributed by atoms with van der Waals surface area (Å²) in [5, 5.41) is 12.3. The van der Waals surface area contributed by atoms with Crippen LogP contribution in [0.15, 0.2) is 35.8 Å². The highest BCUT2D eigenvalue weighted by atomic mass is 32.1. The Bertz CT molecular complexity index is 592. The normalized spacial score (nSPS) is 15.4. The molecule has 0 spiro atoms. The van der Waals surface area contributed by atoms with Crippen molar-refractivity contribution in [2.24, 2.45) is 0 Å². The lowest BCUT2D eigenvalue weighted by Crippen LogP contribution is -2.46. The van der Waals surface area contributed by atoms with E-state index < -0.39 is 5.97 Å². The van der Waals surface area contributed by atoms with Gasteiger partial charge in [-0.3, -0.25) is 0 Å². The van der Waals surface area contributed by atoms with Crippen LogP contribution in [0.1, 0.15) is 10.4 Å². The van der Waals surface area contributed by atoms with Gasteiger partial charge in [-0.1, -0.05) is 12.1 Å². The summed E-state index contributed by atoms with van der Waals surface area (Å²) in [4.78, 5) is 20.0. The zero-order valence-electron chi connectivity index (χ0n) is 10.9.